The minimum absolute atomic E-state index is 0.0929. The van der Waals surface area contributed by atoms with Gasteiger partial charge < -0.3 is 5.32 Å². The van der Waals surface area contributed by atoms with Crippen molar-refractivity contribution in [1.29, 1.82) is 0 Å². The van der Waals surface area contributed by atoms with E-state index in [1.165, 1.54) is 38.6 Å². The molecule has 0 aliphatic carbocycles. The van der Waals surface area contributed by atoms with Crippen LogP contribution in [0.15, 0.2) is 217 Å². The third-order valence-corrected chi connectivity index (χ3v) is 10.7. The molecule has 1 atom stereocenters. The van der Waals surface area contributed by atoms with E-state index in [4.69, 9.17) is 9.98 Å². The molecule has 3 heteroatoms. The summed E-state index contributed by atoms with van der Waals surface area (Å²) in [5, 5.41) is 7.31. The number of aromatic nitrogens is 1. The van der Waals surface area contributed by atoms with Crippen LogP contribution in [-0.2, 0) is 0 Å². The summed E-state index contributed by atoms with van der Waals surface area (Å²) >= 11 is 0. The Morgan fingerprint density at radius 1 is 0.411 bits per heavy atom. The summed E-state index contributed by atoms with van der Waals surface area (Å²) in [5.41, 5.74) is 14.3. The number of hydrogen-bond donors (Lipinski definition) is 1. The van der Waals surface area contributed by atoms with Crippen molar-refractivity contribution in [2.24, 2.45) is 4.99 Å². The molecule has 0 saturated carbocycles. The van der Waals surface area contributed by atoms with Crippen LogP contribution >= 0.6 is 0 Å². The molecular weight excluding hydrogens is 679 g/mol. The van der Waals surface area contributed by atoms with E-state index in [1.807, 2.05) is 12.1 Å². The van der Waals surface area contributed by atoms with Gasteiger partial charge >= 0.3 is 0 Å². The van der Waals surface area contributed by atoms with Gasteiger partial charge in [0.2, 0.25) is 0 Å². The number of amidine groups is 1. The maximum Gasteiger partial charge on any atom is 0.134 e. The van der Waals surface area contributed by atoms with Crippen LogP contribution in [0.3, 0.4) is 0 Å². The topological polar surface area (TPSA) is 37.3 Å². The van der Waals surface area contributed by atoms with Gasteiger partial charge in [0.25, 0.3) is 0 Å². The molecule has 0 amide bonds. The Kier molecular flexibility index (Phi) is 8.58. The largest absolute Gasteiger partial charge is 0.359 e. The number of fused-ring (bicyclic) bond motifs is 3. The van der Waals surface area contributed by atoms with Gasteiger partial charge in [0, 0.05) is 22.1 Å². The van der Waals surface area contributed by atoms with Crippen LogP contribution < -0.4 is 5.32 Å². The van der Waals surface area contributed by atoms with E-state index in [0.717, 1.165) is 55.9 Å². The van der Waals surface area contributed by atoms with Gasteiger partial charge in [-0.1, -0.05) is 176 Å². The molecule has 9 aromatic rings. The van der Waals surface area contributed by atoms with Crippen molar-refractivity contribution in [1.82, 2.24) is 10.3 Å². The highest BCUT2D eigenvalue weighted by Crippen LogP contribution is 2.39. The molecule has 0 bridgehead atoms. The molecule has 264 valence electrons. The molecular formula is C53H37N3. The van der Waals surface area contributed by atoms with Crippen LogP contribution in [0.2, 0.25) is 0 Å². The molecule has 1 N–H and O–H groups in total. The monoisotopic (exact) mass is 715 g/mol. The Morgan fingerprint density at radius 2 is 0.982 bits per heavy atom. The lowest BCUT2D eigenvalue weighted by atomic mass is 9.92. The predicted molar refractivity (Wildman–Crippen MR) is 234 cm³/mol. The second kappa shape index (κ2) is 14.5. The SMILES string of the molecule is C1=C(c2cccc(-c3ccccc3)c2)N=C(c2ccccc2)NC1c1cccc(-c2ccc3ccc4nc(-c5ccccc5)cc(-c5ccccc5)c4c3c2)c1. The molecule has 0 saturated heterocycles. The first-order valence-corrected chi connectivity index (χ1v) is 19.1. The summed E-state index contributed by atoms with van der Waals surface area (Å²) < 4.78 is 0. The quantitative estimate of drug-likeness (QED) is 0.167. The van der Waals surface area contributed by atoms with Crippen LogP contribution in [0.25, 0.3) is 72.0 Å². The van der Waals surface area contributed by atoms with E-state index in [9.17, 15) is 0 Å². The van der Waals surface area contributed by atoms with Gasteiger partial charge in [-0.05, 0) is 86.1 Å². The molecule has 1 aliphatic rings. The van der Waals surface area contributed by atoms with E-state index in [2.05, 4.69) is 206 Å². The number of benzene rings is 8. The average molecular weight is 716 g/mol. The molecule has 2 heterocycles. The van der Waals surface area contributed by atoms with Crippen molar-refractivity contribution in [2.75, 3.05) is 0 Å². The Morgan fingerprint density at radius 3 is 1.71 bits per heavy atom. The van der Waals surface area contributed by atoms with Crippen LogP contribution in [-0.4, -0.2) is 10.8 Å². The van der Waals surface area contributed by atoms with Crippen molar-refractivity contribution in [3.05, 3.63) is 229 Å². The summed E-state index contributed by atoms with van der Waals surface area (Å²) in [6.45, 7) is 0. The van der Waals surface area contributed by atoms with Gasteiger partial charge in [0.05, 0.1) is 22.9 Å². The smallest absolute Gasteiger partial charge is 0.134 e. The van der Waals surface area contributed by atoms with Crippen molar-refractivity contribution in [2.45, 2.75) is 6.04 Å². The highest BCUT2D eigenvalue weighted by molar-refractivity contribution is 6.14. The van der Waals surface area contributed by atoms with E-state index >= 15 is 0 Å². The van der Waals surface area contributed by atoms with Crippen molar-refractivity contribution in [3.63, 3.8) is 0 Å². The fourth-order valence-corrected chi connectivity index (χ4v) is 7.86. The Labute approximate surface area is 327 Å². The zero-order valence-corrected chi connectivity index (χ0v) is 30.7. The Bertz CT molecular complexity index is 2920. The molecule has 0 fully saturated rings. The first-order valence-electron chi connectivity index (χ1n) is 19.1. The third kappa shape index (κ3) is 6.46. The summed E-state index contributed by atoms with van der Waals surface area (Å²) in [5.74, 6) is 0.858. The molecule has 0 spiro atoms. The lowest BCUT2D eigenvalue weighted by molar-refractivity contribution is 0.781. The maximum absolute atomic E-state index is 5.22. The lowest BCUT2D eigenvalue weighted by Crippen LogP contribution is -2.31. The number of pyridine rings is 1. The van der Waals surface area contributed by atoms with E-state index < -0.39 is 0 Å². The minimum Gasteiger partial charge on any atom is -0.359 e. The molecule has 56 heavy (non-hydrogen) atoms. The predicted octanol–water partition coefficient (Wildman–Crippen LogP) is 13.2. The van der Waals surface area contributed by atoms with Gasteiger partial charge in [-0.3, -0.25) is 0 Å². The Hall–Kier alpha value is -7.36. The van der Waals surface area contributed by atoms with Gasteiger partial charge in [0.1, 0.15) is 5.84 Å². The second-order valence-electron chi connectivity index (χ2n) is 14.3. The van der Waals surface area contributed by atoms with E-state index in [-0.39, 0.29) is 6.04 Å². The summed E-state index contributed by atoms with van der Waals surface area (Å²) in [7, 11) is 0. The van der Waals surface area contributed by atoms with Gasteiger partial charge in [-0.25, -0.2) is 9.98 Å². The standard InChI is InChI=1S/C53H37N3/c1-5-15-36(16-6-1)41-23-13-25-44(31-41)50-35-51(56-53(55-50)40-21-11-4-12-22-40)45-26-14-24-42(32-45)43-28-27-38-29-30-48-52(46(38)33-43)47(37-17-7-2-8-18-37)34-49(54-48)39-19-9-3-10-20-39/h1-35,51H,(H,55,56). The van der Waals surface area contributed by atoms with Gasteiger partial charge in [-0.2, -0.15) is 0 Å². The summed E-state index contributed by atoms with van der Waals surface area (Å²) in [6, 6.07) is 73.0. The Balaban J connectivity index is 1.08. The summed E-state index contributed by atoms with van der Waals surface area (Å²) in [6.07, 6.45) is 2.26. The van der Waals surface area contributed by atoms with Crippen LogP contribution in [0, 0.1) is 0 Å². The summed E-state index contributed by atoms with van der Waals surface area (Å²) in [4.78, 5) is 10.4. The number of aliphatic imine (C=N–C) groups is 1. The fourth-order valence-electron chi connectivity index (χ4n) is 7.86. The third-order valence-electron chi connectivity index (χ3n) is 10.7. The molecule has 1 aromatic heterocycles. The zero-order chi connectivity index (χ0) is 37.3. The molecule has 0 radical (unpaired) electrons. The molecule has 1 unspecified atom stereocenters. The number of hydrogen-bond acceptors (Lipinski definition) is 3. The van der Waals surface area contributed by atoms with Gasteiger partial charge in [0.15, 0.2) is 0 Å². The van der Waals surface area contributed by atoms with Crippen molar-refractivity contribution in [3.8, 4) is 44.6 Å². The zero-order valence-electron chi connectivity index (χ0n) is 30.7. The molecule has 8 aromatic carbocycles. The molecule has 3 nitrogen and oxygen atoms in total. The van der Waals surface area contributed by atoms with E-state index in [0.29, 0.717) is 0 Å². The minimum atomic E-state index is -0.0929. The van der Waals surface area contributed by atoms with Crippen molar-refractivity contribution < 1.29 is 0 Å². The first kappa shape index (κ1) is 33.2. The first-order chi connectivity index (χ1) is 27.7. The second-order valence-corrected chi connectivity index (χ2v) is 14.3. The maximum atomic E-state index is 5.22. The van der Waals surface area contributed by atoms with Crippen LogP contribution in [0.5, 0.6) is 0 Å². The molecule has 1 aliphatic heterocycles. The highest BCUT2D eigenvalue weighted by atomic mass is 15.0. The molecule has 10 rings (SSSR count). The highest BCUT2D eigenvalue weighted by Gasteiger charge is 2.21. The average Bonchev–Trinajstić information content (AvgIpc) is 3.29. The number of nitrogens with zero attached hydrogens (tertiary/aromatic N) is 2. The van der Waals surface area contributed by atoms with Crippen molar-refractivity contribution >= 4 is 33.2 Å². The fraction of sp³-hybridized carbons (Fsp3) is 0.0189. The lowest BCUT2D eigenvalue weighted by Gasteiger charge is -2.25. The van der Waals surface area contributed by atoms with E-state index in [1.54, 1.807) is 0 Å². The van der Waals surface area contributed by atoms with Crippen LogP contribution in [0.1, 0.15) is 22.7 Å². The van der Waals surface area contributed by atoms with Crippen LogP contribution in [0.4, 0.5) is 0 Å². The number of nitrogens with one attached hydrogen (secondary N) is 1. The number of rotatable bonds is 7. The normalized spacial score (nSPS) is 13.9. The van der Waals surface area contributed by atoms with Gasteiger partial charge in [-0.15, -0.1) is 0 Å².